The summed E-state index contributed by atoms with van der Waals surface area (Å²) in [4.78, 5) is 4.67. The Morgan fingerprint density at radius 3 is 2.21 bits per heavy atom. The number of nitrogens with zero attached hydrogens (tertiary/aromatic N) is 5. The van der Waals surface area contributed by atoms with Gasteiger partial charge in [-0.25, -0.2) is 0 Å². The van der Waals surface area contributed by atoms with E-state index in [0.29, 0.717) is 0 Å². The maximum absolute atomic E-state index is 4.67. The average Bonchev–Trinajstić information content (AvgIpc) is 3.23. The van der Waals surface area contributed by atoms with Gasteiger partial charge in [0.1, 0.15) is 0 Å². The monoisotopic (exact) mass is 399 g/mol. The molecule has 2 aromatic carbocycles. The van der Waals surface area contributed by atoms with Crippen LogP contribution in [0.5, 0.6) is 0 Å². The lowest BCUT2D eigenvalue weighted by Gasteiger charge is -2.23. The van der Waals surface area contributed by atoms with Crippen LogP contribution in [0.4, 0.5) is 10.8 Å². The fraction of sp³-hybridized carbons (Fsp3) is 0.0588. The summed E-state index contributed by atoms with van der Waals surface area (Å²) in [6.45, 7) is 1.98. The van der Waals surface area contributed by atoms with E-state index in [9.17, 15) is 0 Å². The van der Waals surface area contributed by atoms with E-state index in [1.165, 1.54) is 0 Å². The van der Waals surface area contributed by atoms with Gasteiger partial charge >= 0.3 is 5.13 Å². The summed E-state index contributed by atoms with van der Waals surface area (Å²) in [6, 6.07) is 20.0. The lowest BCUT2D eigenvalue weighted by atomic mass is 10.1. The number of hydrogen-bond acceptors (Lipinski definition) is 5. The van der Waals surface area contributed by atoms with Crippen LogP contribution in [-0.2, 0) is 0 Å². The minimum atomic E-state index is 0. The number of amidine groups is 1. The van der Waals surface area contributed by atoms with Crippen molar-refractivity contribution < 1.29 is 17.0 Å². The predicted molar refractivity (Wildman–Crippen MR) is 92.6 cm³/mol. The Bertz CT molecular complexity index is 892. The van der Waals surface area contributed by atoms with Crippen molar-refractivity contribution in [1.29, 1.82) is 0 Å². The third kappa shape index (κ3) is 2.60. The minimum Gasteiger partial charge on any atom is -1.00 e. The van der Waals surface area contributed by atoms with Crippen molar-refractivity contribution in [1.82, 2.24) is 9.58 Å². The Labute approximate surface area is 154 Å². The van der Waals surface area contributed by atoms with Crippen LogP contribution in [0.1, 0.15) is 11.3 Å². The van der Waals surface area contributed by atoms with E-state index in [0.717, 1.165) is 27.9 Å². The van der Waals surface area contributed by atoms with Gasteiger partial charge in [0.15, 0.2) is 5.69 Å². The number of quaternary nitrogens is 1. The van der Waals surface area contributed by atoms with Gasteiger partial charge in [0.2, 0.25) is 0 Å². The maximum atomic E-state index is 4.67. The first kappa shape index (κ1) is 16.6. The first-order valence-corrected chi connectivity index (χ1v) is 8.12. The van der Waals surface area contributed by atoms with Gasteiger partial charge < -0.3 is 17.0 Å². The zero-order chi connectivity index (χ0) is 15.7. The highest BCUT2D eigenvalue weighted by atomic mass is 79.9. The number of hydrogen-bond donors (Lipinski definition) is 0. The Hall–Kier alpha value is -2.22. The van der Waals surface area contributed by atoms with Crippen LogP contribution in [0.2, 0.25) is 0 Å². The van der Waals surface area contributed by atoms with Crippen molar-refractivity contribution in [2.45, 2.75) is 6.92 Å². The molecule has 24 heavy (non-hydrogen) atoms. The van der Waals surface area contributed by atoms with E-state index in [2.05, 4.69) is 20.5 Å². The second-order valence-electron chi connectivity index (χ2n) is 5.21. The lowest BCUT2D eigenvalue weighted by Crippen LogP contribution is -3.00. The van der Waals surface area contributed by atoms with E-state index in [1.54, 1.807) is 11.3 Å². The molecule has 0 spiro atoms. The van der Waals surface area contributed by atoms with Crippen molar-refractivity contribution in [3.05, 3.63) is 77.3 Å². The molecule has 4 rings (SSSR count). The van der Waals surface area contributed by atoms with Gasteiger partial charge in [0, 0.05) is 22.7 Å². The van der Waals surface area contributed by atoms with E-state index < -0.39 is 0 Å². The number of rotatable bonds is 3. The first-order valence-electron chi connectivity index (χ1n) is 7.24. The summed E-state index contributed by atoms with van der Waals surface area (Å²) in [7, 11) is 0. The predicted octanol–water partition coefficient (Wildman–Crippen LogP) is 1.84. The zero-order valence-electron chi connectivity index (χ0n) is 12.9. The summed E-state index contributed by atoms with van der Waals surface area (Å²) >= 11 is 1.57. The van der Waals surface area contributed by atoms with Crippen molar-refractivity contribution in [2.24, 2.45) is 15.5 Å². The molecule has 0 radical (unpaired) electrons. The van der Waals surface area contributed by atoms with Crippen molar-refractivity contribution >= 4 is 28.0 Å². The van der Waals surface area contributed by atoms with Crippen molar-refractivity contribution in [3.8, 4) is 0 Å². The van der Waals surface area contributed by atoms with Gasteiger partial charge in [-0.3, -0.25) is 0 Å². The molecule has 0 N–H and O–H groups in total. The minimum absolute atomic E-state index is 0. The number of halogens is 1. The summed E-state index contributed by atoms with van der Waals surface area (Å²) < 4.78 is 0.0728. The SMILES string of the molecule is Cc1csc([N+]2(c3ccccc3)N=NN=C2c2ccccc2)n1.[Br-]. The van der Waals surface area contributed by atoms with Gasteiger partial charge in [-0.05, 0) is 23.6 Å². The summed E-state index contributed by atoms with van der Waals surface area (Å²) in [5.41, 5.74) is 2.91. The molecule has 2 heterocycles. The molecular formula is C17H14BrN5S. The molecular weight excluding hydrogens is 386 g/mol. The Morgan fingerprint density at radius 1 is 0.917 bits per heavy atom. The molecule has 0 saturated carbocycles. The molecule has 3 aromatic rings. The normalized spacial score (nSPS) is 19.0. The van der Waals surface area contributed by atoms with Crippen LogP contribution in [0.25, 0.3) is 0 Å². The highest BCUT2D eigenvalue weighted by Crippen LogP contribution is 2.42. The molecule has 0 fully saturated rings. The van der Waals surface area contributed by atoms with Crippen LogP contribution < -0.4 is 21.6 Å². The molecule has 1 atom stereocenters. The summed E-state index contributed by atoms with van der Waals surface area (Å²) in [5, 5.41) is 15.7. The Balaban J connectivity index is 0.00000169. The molecule has 0 amide bonds. The Kier molecular flexibility index (Phi) is 4.66. The molecule has 1 aliphatic heterocycles. The lowest BCUT2D eigenvalue weighted by molar-refractivity contribution is -0.00000468. The van der Waals surface area contributed by atoms with E-state index >= 15 is 0 Å². The van der Waals surface area contributed by atoms with Gasteiger partial charge in [-0.15, -0.1) is 0 Å². The van der Waals surface area contributed by atoms with Gasteiger partial charge in [-0.1, -0.05) is 52.8 Å². The molecule has 120 valence electrons. The number of aromatic nitrogens is 1. The quantitative estimate of drug-likeness (QED) is 0.619. The van der Waals surface area contributed by atoms with Gasteiger partial charge in [-0.2, -0.15) is 4.98 Å². The number of aryl methyl sites for hydroxylation is 1. The zero-order valence-corrected chi connectivity index (χ0v) is 15.3. The number of thiazole rings is 1. The molecule has 1 aromatic heterocycles. The molecule has 7 heteroatoms. The van der Waals surface area contributed by atoms with Crippen molar-refractivity contribution in [2.75, 3.05) is 0 Å². The number of para-hydroxylation sites is 1. The third-order valence-corrected chi connectivity index (χ3v) is 4.69. The van der Waals surface area contributed by atoms with Crippen LogP contribution in [0.3, 0.4) is 0 Å². The molecule has 1 unspecified atom stereocenters. The fourth-order valence-corrected chi connectivity index (χ4v) is 3.51. The van der Waals surface area contributed by atoms with Crippen LogP contribution in [0, 0.1) is 6.92 Å². The molecule has 5 nitrogen and oxygen atoms in total. The van der Waals surface area contributed by atoms with E-state index in [1.807, 2.05) is 73.0 Å². The average molecular weight is 400 g/mol. The largest absolute Gasteiger partial charge is 1.00 e. The van der Waals surface area contributed by atoms with E-state index in [-0.39, 0.29) is 21.6 Å². The molecule has 1 aliphatic rings. The first-order chi connectivity index (χ1) is 11.3. The summed E-state index contributed by atoms with van der Waals surface area (Å²) in [6.07, 6.45) is 0. The molecule has 0 bridgehead atoms. The standard InChI is InChI=1S/C17H14N5S.BrH/c1-13-12-23-17(18-13)22(15-10-6-3-7-11-15)16(19-20-21-22)14-8-4-2-5-9-14;/h2-12H,1H3;1H/q+1;/p-1. The number of benzene rings is 2. The topological polar surface area (TPSA) is 50.0 Å². The van der Waals surface area contributed by atoms with Crippen LogP contribution in [0.15, 0.2) is 81.6 Å². The second kappa shape index (κ2) is 6.72. The maximum Gasteiger partial charge on any atom is 0.326 e. The van der Waals surface area contributed by atoms with Crippen LogP contribution >= 0.6 is 11.3 Å². The smallest absolute Gasteiger partial charge is 0.326 e. The fourth-order valence-electron chi connectivity index (χ4n) is 2.61. The van der Waals surface area contributed by atoms with E-state index in [4.69, 9.17) is 0 Å². The van der Waals surface area contributed by atoms with Gasteiger partial charge in [0.05, 0.1) is 16.5 Å². The Morgan fingerprint density at radius 2 is 1.58 bits per heavy atom. The highest BCUT2D eigenvalue weighted by molar-refractivity contribution is 7.13. The highest BCUT2D eigenvalue weighted by Gasteiger charge is 2.48. The molecule has 0 aliphatic carbocycles. The molecule has 0 saturated heterocycles. The third-order valence-electron chi connectivity index (χ3n) is 3.67. The second-order valence-corrected chi connectivity index (χ2v) is 6.05. The summed E-state index contributed by atoms with van der Waals surface area (Å²) in [5.74, 6) is 0.756. The van der Waals surface area contributed by atoms with Crippen LogP contribution in [-0.4, -0.2) is 10.8 Å². The van der Waals surface area contributed by atoms with Gasteiger partial charge in [0.25, 0.3) is 5.84 Å². The van der Waals surface area contributed by atoms with Crippen molar-refractivity contribution in [3.63, 3.8) is 0 Å².